The monoisotopic (exact) mass is 532 g/mol. The van der Waals surface area contributed by atoms with Crippen molar-refractivity contribution in [1.82, 2.24) is 15.2 Å². The van der Waals surface area contributed by atoms with Crippen LogP contribution in [0.2, 0.25) is 0 Å². The summed E-state index contributed by atoms with van der Waals surface area (Å²) in [5.74, 6) is 1.74. The molecule has 38 heavy (non-hydrogen) atoms. The van der Waals surface area contributed by atoms with Crippen LogP contribution in [0, 0.1) is 11.8 Å². The lowest BCUT2D eigenvalue weighted by atomic mass is 9.68. The minimum absolute atomic E-state index is 0.0489. The number of carbonyl (C=O) groups is 1. The Morgan fingerprint density at radius 2 is 1.79 bits per heavy atom. The minimum Gasteiger partial charge on any atom is -0.348 e. The Morgan fingerprint density at radius 3 is 2.61 bits per heavy atom. The van der Waals surface area contributed by atoms with Crippen molar-refractivity contribution < 1.29 is 4.79 Å². The van der Waals surface area contributed by atoms with Gasteiger partial charge in [-0.15, -0.1) is 11.3 Å². The fraction of sp³-hybridized carbons (Fsp3) is 0.688. The molecule has 0 radical (unpaired) electrons. The molecule has 4 atom stereocenters. The van der Waals surface area contributed by atoms with Crippen LogP contribution in [0.5, 0.6) is 0 Å². The largest absolute Gasteiger partial charge is 0.348 e. The summed E-state index contributed by atoms with van der Waals surface area (Å²) in [6, 6.07) is 11.5. The molecule has 7 rings (SSSR count). The summed E-state index contributed by atoms with van der Waals surface area (Å²) in [4.78, 5) is 26.2. The molecule has 1 aromatic heterocycles. The lowest BCUT2D eigenvalue weighted by molar-refractivity contribution is -0.143. The maximum Gasteiger partial charge on any atom is 0.228 e. The number of thiazole rings is 1. The third kappa shape index (κ3) is 4.40. The molecule has 3 aliphatic heterocycles. The van der Waals surface area contributed by atoms with Gasteiger partial charge in [-0.2, -0.15) is 0 Å². The van der Waals surface area contributed by atoms with E-state index in [-0.39, 0.29) is 11.3 Å². The van der Waals surface area contributed by atoms with Crippen LogP contribution >= 0.6 is 11.3 Å². The normalized spacial score (nSPS) is 32.2. The maximum absolute atomic E-state index is 14.7. The van der Waals surface area contributed by atoms with Crippen LogP contribution in [-0.2, 0) is 16.6 Å². The predicted octanol–water partition coefficient (Wildman–Crippen LogP) is 5.89. The van der Waals surface area contributed by atoms with E-state index in [0.717, 1.165) is 64.8 Å². The fourth-order valence-electron chi connectivity index (χ4n) is 8.67. The molecule has 1 saturated carbocycles. The number of fused-ring (bicyclic) bond motifs is 2. The van der Waals surface area contributed by atoms with Gasteiger partial charge in [-0.25, -0.2) is 4.98 Å². The van der Waals surface area contributed by atoms with Gasteiger partial charge in [0.2, 0.25) is 5.91 Å². The molecule has 3 saturated heterocycles. The van der Waals surface area contributed by atoms with Crippen LogP contribution in [0.25, 0.3) is 0 Å². The number of aryl methyl sites for hydroxylation is 1. The van der Waals surface area contributed by atoms with Crippen molar-refractivity contribution in [1.29, 1.82) is 0 Å². The zero-order chi connectivity index (χ0) is 25.5. The lowest BCUT2D eigenvalue weighted by Gasteiger charge is -2.47. The topological polar surface area (TPSA) is 48.5 Å². The first-order valence-corrected chi connectivity index (χ1v) is 16.4. The summed E-state index contributed by atoms with van der Waals surface area (Å²) in [5, 5.41) is 4.94. The third-order valence-corrected chi connectivity index (χ3v) is 12.1. The fourth-order valence-corrected chi connectivity index (χ4v) is 10.1. The number of carbonyl (C=O) groups excluding carboxylic acids is 1. The van der Waals surface area contributed by atoms with Crippen LogP contribution in [-0.4, -0.2) is 54.6 Å². The van der Waals surface area contributed by atoms with E-state index < -0.39 is 0 Å². The van der Waals surface area contributed by atoms with Crippen molar-refractivity contribution in [3.8, 4) is 0 Å². The Bertz CT molecular complexity index is 1120. The molecular formula is C32H44N4OS. The molecule has 1 spiro atoms. The predicted molar refractivity (Wildman–Crippen MR) is 155 cm³/mol. The van der Waals surface area contributed by atoms with Gasteiger partial charge in [-0.05, 0) is 75.2 Å². The number of anilines is 1. The van der Waals surface area contributed by atoms with Gasteiger partial charge in [0.25, 0.3) is 0 Å². The number of likely N-dealkylation sites (tertiary alicyclic amines) is 1. The third-order valence-electron chi connectivity index (χ3n) is 10.7. The summed E-state index contributed by atoms with van der Waals surface area (Å²) in [7, 11) is 0. The van der Waals surface area contributed by atoms with Gasteiger partial charge in [-0.3, -0.25) is 4.79 Å². The zero-order valence-corrected chi connectivity index (χ0v) is 23.7. The van der Waals surface area contributed by atoms with Crippen LogP contribution in [0.3, 0.4) is 0 Å². The summed E-state index contributed by atoms with van der Waals surface area (Å²) in [6.45, 7) is 4.96. The highest BCUT2D eigenvalue weighted by Crippen LogP contribution is 2.50. The number of hydrogen-bond donors (Lipinski definition) is 1. The van der Waals surface area contributed by atoms with E-state index in [1.54, 1.807) is 0 Å². The quantitative estimate of drug-likeness (QED) is 0.533. The second-order valence-corrected chi connectivity index (χ2v) is 13.8. The molecule has 5 nitrogen and oxygen atoms in total. The van der Waals surface area contributed by atoms with Gasteiger partial charge in [0, 0.05) is 49.1 Å². The Kier molecular flexibility index (Phi) is 6.98. The molecule has 6 heteroatoms. The molecule has 2 aliphatic carbocycles. The second-order valence-electron chi connectivity index (χ2n) is 12.8. The molecule has 2 aromatic rings. The van der Waals surface area contributed by atoms with Gasteiger partial charge in [0.15, 0.2) is 5.13 Å². The summed E-state index contributed by atoms with van der Waals surface area (Å²) in [6.07, 6.45) is 14.8. The highest BCUT2D eigenvalue weighted by Gasteiger charge is 2.54. The van der Waals surface area contributed by atoms with Gasteiger partial charge in [0.1, 0.15) is 0 Å². The first-order chi connectivity index (χ1) is 18.7. The summed E-state index contributed by atoms with van der Waals surface area (Å²) < 4.78 is 0. The smallest absolute Gasteiger partial charge is 0.228 e. The van der Waals surface area contributed by atoms with Crippen molar-refractivity contribution in [3.05, 3.63) is 46.5 Å². The van der Waals surface area contributed by atoms with Gasteiger partial charge in [-0.1, -0.05) is 49.6 Å². The van der Waals surface area contributed by atoms with Crippen molar-refractivity contribution in [3.63, 3.8) is 0 Å². The molecule has 4 heterocycles. The Balaban J connectivity index is 1.18. The number of nitrogens with one attached hydrogen (secondary N) is 1. The average Bonchev–Trinajstić information content (AvgIpc) is 3.74. The van der Waals surface area contributed by atoms with Crippen molar-refractivity contribution in [2.24, 2.45) is 11.8 Å². The molecule has 1 amide bonds. The lowest BCUT2D eigenvalue weighted by Crippen LogP contribution is -2.55. The molecule has 204 valence electrons. The number of benzene rings is 1. The molecule has 4 unspecified atom stereocenters. The number of amides is 1. The Morgan fingerprint density at radius 1 is 0.974 bits per heavy atom. The number of nitrogens with zero attached hydrogens (tertiary/aromatic N) is 3. The van der Waals surface area contributed by atoms with Crippen LogP contribution < -0.4 is 10.2 Å². The number of aromatic nitrogens is 1. The van der Waals surface area contributed by atoms with E-state index in [0.29, 0.717) is 23.8 Å². The molecule has 5 aliphatic rings. The van der Waals surface area contributed by atoms with E-state index in [4.69, 9.17) is 4.98 Å². The molecule has 4 fully saturated rings. The highest BCUT2D eigenvalue weighted by molar-refractivity contribution is 7.16. The molecule has 1 aromatic carbocycles. The summed E-state index contributed by atoms with van der Waals surface area (Å²) >= 11 is 1.93. The number of hydrogen-bond acceptors (Lipinski definition) is 5. The van der Waals surface area contributed by atoms with Crippen molar-refractivity contribution in [2.45, 2.75) is 94.4 Å². The van der Waals surface area contributed by atoms with Crippen molar-refractivity contribution >= 4 is 22.4 Å². The first kappa shape index (κ1) is 25.1. The number of piperidine rings is 1. The van der Waals surface area contributed by atoms with Crippen LogP contribution in [0.4, 0.5) is 5.13 Å². The highest BCUT2D eigenvalue weighted by atomic mass is 32.1. The first-order valence-electron chi connectivity index (χ1n) is 15.5. The standard InChI is InChI=1S/C32H44N4OS/c37-30(36-19-15-25(23-10-3-1-4-11-23)20-28(36)24-12-5-2-6-13-24)26-21-33-22-32(26)16-9-14-27-29(32)38-31(34-27)35-17-7-8-18-35/h1,3-4,10-11,24-26,28,33H,2,5-9,12-22H2. The summed E-state index contributed by atoms with van der Waals surface area (Å²) in [5.41, 5.74) is 2.71. The van der Waals surface area contributed by atoms with Gasteiger partial charge in [0.05, 0.1) is 11.6 Å². The average molecular weight is 533 g/mol. The van der Waals surface area contributed by atoms with E-state index in [2.05, 4.69) is 45.4 Å². The second kappa shape index (κ2) is 10.6. The minimum atomic E-state index is -0.0618. The van der Waals surface area contributed by atoms with Gasteiger partial charge < -0.3 is 15.1 Å². The maximum atomic E-state index is 14.7. The van der Waals surface area contributed by atoms with E-state index in [9.17, 15) is 4.79 Å². The van der Waals surface area contributed by atoms with E-state index in [1.165, 1.54) is 66.2 Å². The molecular weight excluding hydrogens is 488 g/mol. The van der Waals surface area contributed by atoms with Crippen LogP contribution in [0.15, 0.2) is 30.3 Å². The Hall–Kier alpha value is -1.92. The van der Waals surface area contributed by atoms with Crippen molar-refractivity contribution in [2.75, 3.05) is 37.6 Å². The SMILES string of the molecule is O=C(C1CNCC12CCCc1nc(N3CCCC3)sc12)N1CCC(c2ccccc2)CC1C1CCCCC1. The zero-order valence-electron chi connectivity index (χ0n) is 22.9. The molecule has 0 bridgehead atoms. The van der Waals surface area contributed by atoms with Crippen LogP contribution in [0.1, 0.15) is 92.7 Å². The van der Waals surface area contributed by atoms with E-state index in [1.807, 2.05) is 11.3 Å². The van der Waals surface area contributed by atoms with Gasteiger partial charge >= 0.3 is 0 Å². The van der Waals surface area contributed by atoms with E-state index >= 15 is 0 Å². The number of rotatable bonds is 4. The Labute approximate surface area is 232 Å². The molecule has 1 N–H and O–H groups in total.